The van der Waals surface area contributed by atoms with Crippen molar-refractivity contribution in [1.29, 1.82) is 0 Å². The topological polar surface area (TPSA) is 55.1 Å². The number of carbonyl (C=O) groups is 1. The van der Waals surface area contributed by atoms with Crippen molar-refractivity contribution in [3.63, 3.8) is 0 Å². The fraction of sp³-hybridized carbons (Fsp3) is 0.0714. The van der Waals surface area contributed by atoms with E-state index < -0.39 is 0 Å². The maximum Gasteiger partial charge on any atom is 0.267 e. The lowest BCUT2D eigenvalue weighted by molar-refractivity contribution is 0.103. The predicted molar refractivity (Wildman–Crippen MR) is 84.7 cm³/mol. The molecular formula is C14H10Cl2N2OS. The zero-order valence-electron chi connectivity index (χ0n) is 10.2. The minimum Gasteiger partial charge on any atom is -0.320 e. The van der Waals surface area contributed by atoms with E-state index in [-0.39, 0.29) is 12.5 Å². The second-order valence-electron chi connectivity index (χ2n) is 3.75. The highest BCUT2D eigenvalue weighted by molar-refractivity contribution is 7.12. The summed E-state index contributed by atoms with van der Waals surface area (Å²) < 4.78 is 0. The van der Waals surface area contributed by atoms with Crippen LogP contribution in [0.2, 0.25) is 10.0 Å². The Morgan fingerprint density at radius 3 is 2.80 bits per heavy atom. The highest BCUT2D eigenvalue weighted by atomic mass is 35.5. The van der Waals surface area contributed by atoms with Crippen molar-refractivity contribution in [1.82, 2.24) is 0 Å². The van der Waals surface area contributed by atoms with Crippen LogP contribution in [0.3, 0.4) is 0 Å². The Morgan fingerprint density at radius 1 is 1.35 bits per heavy atom. The van der Waals surface area contributed by atoms with Crippen molar-refractivity contribution in [3.05, 3.63) is 50.1 Å². The second kappa shape index (κ2) is 6.78. The molecular weight excluding hydrogens is 315 g/mol. The summed E-state index contributed by atoms with van der Waals surface area (Å²) in [5, 5.41) is 5.50. The Hall–Kier alpha value is -1.51. The smallest absolute Gasteiger partial charge is 0.267 e. The monoisotopic (exact) mass is 324 g/mol. The molecule has 0 aliphatic rings. The molecule has 0 spiro atoms. The van der Waals surface area contributed by atoms with Gasteiger partial charge in [0, 0.05) is 10.6 Å². The number of rotatable bonds is 2. The molecule has 2 aromatic rings. The molecule has 1 aromatic carbocycles. The summed E-state index contributed by atoms with van der Waals surface area (Å²) in [5.41, 5.74) is 6.54. The van der Waals surface area contributed by atoms with Crippen LogP contribution >= 0.6 is 34.5 Å². The average Bonchev–Trinajstić information content (AvgIpc) is 2.85. The van der Waals surface area contributed by atoms with Crippen molar-refractivity contribution >= 4 is 46.1 Å². The van der Waals surface area contributed by atoms with Gasteiger partial charge in [0.15, 0.2) is 0 Å². The van der Waals surface area contributed by atoms with Gasteiger partial charge in [-0.1, -0.05) is 35.0 Å². The summed E-state index contributed by atoms with van der Waals surface area (Å²) in [6, 6.07) is 6.73. The molecule has 2 rings (SSSR count). The Balaban J connectivity index is 2.29. The minimum absolute atomic E-state index is 0.233. The van der Waals surface area contributed by atoms with E-state index in [0.29, 0.717) is 26.2 Å². The molecule has 102 valence electrons. The molecule has 0 aliphatic carbocycles. The third kappa shape index (κ3) is 3.53. The molecule has 0 aliphatic heterocycles. The van der Waals surface area contributed by atoms with Gasteiger partial charge in [0.2, 0.25) is 0 Å². The summed E-state index contributed by atoms with van der Waals surface area (Å²) >= 11 is 13.1. The number of carbonyl (C=O) groups excluding carboxylic acids is 1. The fourth-order valence-corrected chi connectivity index (χ4v) is 2.72. The number of halogens is 2. The second-order valence-corrected chi connectivity index (χ2v) is 5.51. The van der Waals surface area contributed by atoms with Crippen LogP contribution in [0, 0.1) is 11.8 Å². The normalized spacial score (nSPS) is 9.75. The van der Waals surface area contributed by atoms with Crippen LogP contribution in [0.15, 0.2) is 29.6 Å². The standard InChI is InChI=1S/C14H10Cl2N2OS/c15-10-3-4-12(9(8-10)2-1-6-17)18-14(19)13-11(16)5-7-20-13/h3-5,7-8H,6,17H2,(H,18,19). The van der Waals surface area contributed by atoms with Gasteiger partial charge in [-0.2, -0.15) is 0 Å². The van der Waals surface area contributed by atoms with Crippen molar-refractivity contribution < 1.29 is 4.79 Å². The van der Waals surface area contributed by atoms with Crippen molar-refractivity contribution in [2.45, 2.75) is 0 Å². The molecule has 6 heteroatoms. The van der Waals surface area contributed by atoms with E-state index in [2.05, 4.69) is 17.2 Å². The highest BCUT2D eigenvalue weighted by Crippen LogP contribution is 2.25. The molecule has 1 amide bonds. The highest BCUT2D eigenvalue weighted by Gasteiger charge is 2.13. The Bertz CT molecular complexity index is 701. The number of hydrogen-bond acceptors (Lipinski definition) is 3. The summed E-state index contributed by atoms with van der Waals surface area (Å²) in [4.78, 5) is 12.6. The summed E-state index contributed by atoms with van der Waals surface area (Å²) in [6.45, 7) is 0.233. The summed E-state index contributed by atoms with van der Waals surface area (Å²) in [6.07, 6.45) is 0. The van der Waals surface area contributed by atoms with E-state index in [4.69, 9.17) is 28.9 Å². The SMILES string of the molecule is NCC#Cc1cc(Cl)ccc1NC(=O)c1sccc1Cl. The molecule has 3 nitrogen and oxygen atoms in total. The van der Waals surface area contributed by atoms with Gasteiger partial charge in [-0.25, -0.2) is 0 Å². The largest absolute Gasteiger partial charge is 0.320 e. The fourth-order valence-electron chi connectivity index (χ4n) is 1.51. The zero-order valence-corrected chi connectivity index (χ0v) is 12.6. The molecule has 0 saturated heterocycles. The van der Waals surface area contributed by atoms with Gasteiger partial charge in [0.1, 0.15) is 4.88 Å². The van der Waals surface area contributed by atoms with Gasteiger partial charge in [0.25, 0.3) is 5.91 Å². The molecule has 0 bridgehead atoms. The lowest BCUT2D eigenvalue weighted by Crippen LogP contribution is -2.11. The van der Waals surface area contributed by atoms with Crippen LogP contribution in [-0.4, -0.2) is 12.5 Å². The van der Waals surface area contributed by atoms with Crippen LogP contribution in [-0.2, 0) is 0 Å². The van der Waals surface area contributed by atoms with Gasteiger partial charge in [-0.15, -0.1) is 11.3 Å². The maximum atomic E-state index is 12.1. The molecule has 0 saturated carbocycles. The lowest BCUT2D eigenvalue weighted by Gasteiger charge is -2.07. The van der Waals surface area contributed by atoms with Gasteiger partial charge in [-0.3, -0.25) is 4.79 Å². The molecule has 0 unspecified atom stereocenters. The number of benzene rings is 1. The molecule has 3 N–H and O–H groups in total. The third-order valence-corrected chi connectivity index (χ3v) is 3.95. The third-order valence-electron chi connectivity index (χ3n) is 2.38. The van der Waals surface area contributed by atoms with E-state index in [0.717, 1.165) is 0 Å². The zero-order chi connectivity index (χ0) is 14.5. The molecule has 0 radical (unpaired) electrons. The van der Waals surface area contributed by atoms with Crippen LogP contribution in [0.5, 0.6) is 0 Å². The first-order chi connectivity index (χ1) is 9.61. The number of hydrogen-bond donors (Lipinski definition) is 2. The number of anilines is 1. The number of thiophene rings is 1. The van der Waals surface area contributed by atoms with Crippen LogP contribution in [0.25, 0.3) is 0 Å². The van der Waals surface area contributed by atoms with Crippen LogP contribution < -0.4 is 11.1 Å². The number of amides is 1. The molecule has 20 heavy (non-hydrogen) atoms. The molecule has 0 atom stereocenters. The number of nitrogens with one attached hydrogen (secondary N) is 1. The quantitative estimate of drug-likeness (QED) is 0.829. The summed E-state index contributed by atoms with van der Waals surface area (Å²) in [5.74, 6) is 5.34. The average molecular weight is 325 g/mol. The van der Waals surface area contributed by atoms with Crippen molar-refractivity contribution in [3.8, 4) is 11.8 Å². The van der Waals surface area contributed by atoms with Gasteiger partial charge < -0.3 is 11.1 Å². The molecule has 1 aromatic heterocycles. The summed E-state index contributed by atoms with van der Waals surface area (Å²) in [7, 11) is 0. The Labute approximate surface area is 130 Å². The first kappa shape index (κ1) is 14.9. The minimum atomic E-state index is -0.275. The first-order valence-electron chi connectivity index (χ1n) is 5.64. The van der Waals surface area contributed by atoms with Gasteiger partial charge >= 0.3 is 0 Å². The lowest BCUT2D eigenvalue weighted by atomic mass is 10.1. The van der Waals surface area contributed by atoms with Gasteiger partial charge in [0.05, 0.1) is 17.3 Å². The van der Waals surface area contributed by atoms with E-state index in [1.54, 1.807) is 29.6 Å². The van der Waals surface area contributed by atoms with E-state index in [1.165, 1.54) is 11.3 Å². The van der Waals surface area contributed by atoms with E-state index in [9.17, 15) is 4.79 Å². The maximum absolute atomic E-state index is 12.1. The van der Waals surface area contributed by atoms with Gasteiger partial charge in [-0.05, 0) is 29.6 Å². The Kier molecular flexibility index (Phi) is 5.05. The first-order valence-corrected chi connectivity index (χ1v) is 7.28. The van der Waals surface area contributed by atoms with Crippen LogP contribution in [0.1, 0.15) is 15.2 Å². The number of nitrogens with two attached hydrogens (primary N) is 1. The molecule has 0 fully saturated rings. The predicted octanol–water partition coefficient (Wildman–Crippen LogP) is 3.62. The van der Waals surface area contributed by atoms with E-state index in [1.807, 2.05) is 0 Å². The van der Waals surface area contributed by atoms with E-state index >= 15 is 0 Å². The van der Waals surface area contributed by atoms with Crippen LogP contribution in [0.4, 0.5) is 5.69 Å². The van der Waals surface area contributed by atoms with Crippen molar-refractivity contribution in [2.75, 3.05) is 11.9 Å². The molecule has 1 heterocycles. The van der Waals surface area contributed by atoms with Crippen molar-refractivity contribution in [2.24, 2.45) is 5.73 Å². The Morgan fingerprint density at radius 2 is 2.15 bits per heavy atom.